The van der Waals surface area contributed by atoms with E-state index in [1.165, 1.54) is 35.3 Å². The van der Waals surface area contributed by atoms with Gasteiger partial charge in [-0.2, -0.15) is 0 Å². The van der Waals surface area contributed by atoms with E-state index in [1.807, 2.05) is 0 Å². The summed E-state index contributed by atoms with van der Waals surface area (Å²) in [5, 5.41) is 17.1. The SMILES string of the molecule is O=C(CSCCOOCSCOC(=O)CSCCOOCCCO)OCCCO. The lowest BCUT2D eigenvalue weighted by Gasteiger charge is -2.06. The van der Waals surface area contributed by atoms with Crippen LogP contribution in [0.2, 0.25) is 0 Å². The molecule has 13 heteroatoms. The van der Waals surface area contributed by atoms with Gasteiger partial charge in [-0.1, -0.05) is 11.8 Å². The number of carbonyl (C=O) groups excluding carboxylic acids is 2. The van der Waals surface area contributed by atoms with E-state index in [0.717, 1.165) is 0 Å². The molecular formula is C16H30O10S3. The standard InChI is InChI=1S/C16H30O10S3/c17-3-1-5-21-15(19)11-27-10-8-25-26-14-29-13-22-16(20)12-28-9-7-24-23-6-2-4-18/h17-18H,1-14H2. The molecule has 0 radical (unpaired) electrons. The van der Waals surface area contributed by atoms with Gasteiger partial charge in [0, 0.05) is 31.1 Å². The van der Waals surface area contributed by atoms with Gasteiger partial charge < -0.3 is 19.7 Å². The van der Waals surface area contributed by atoms with Gasteiger partial charge in [0.25, 0.3) is 0 Å². The number of ether oxygens (including phenoxy) is 2. The van der Waals surface area contributed by atoms with Crippen molar-refractivity contribution in [3.63, 3.8) is 0 Å². The quantitative estimate of drug-likeness (QED) is 0.0750. The van der Waals surface area contributed by atoms with Gasteiger partial charge in [-0.25, -0.2) is 19.6 Å². The third kappa shape index (κ3) is 23.9. The molecule has 0 aromatic heterocycles. The number of rotatable bonds is 22. The molecule has 0 unspecified atom stereocenters. The predicted molar refractivity (Wildman–Crippen MR) is 111 cm³/mol. The molecule has 0 saturated carbocycles. The first kappa shape index (κ1) is 28.8. The summed E-state index contributed by atoms with van der Waals surface area (Å²) < 4.78 is 9.88. The summed E-state index contributed by atoms with van der Waals surface area (Å²) in [6, 6.07) is 0. The molecule has 0 rings (SSSR count). The van der Waals surface area contributed by atoms with Gasteiger partial charge >= 0.3 is 11.9 Å². The van der Waals surface area contributed by atoms with Gasteiger partial charge in [-0.15, -0.1) is 23.5 Å². The molecule has 0 atom stereocenters. The van der Waals surface area contributed by atoms with Gasteiger partial charge in [0.2, 0.25) is 0 Å². The van der Waals surface area contributed by atoms with Crippen LogP contribution in [-0.4, -0.2) is 96.7 Å². The molecule has 29 heavy (non-hydrogen) atoms. The zero-order valence-electron chi connectivity index (χ0n) is 16.3. The highest BCUT2D eigenvalue weighted by atomic mass is 32.2. The van der Waals surface area contributed by atoms with E-state index in [-0.39, 0.29) is 55.1 Å². The van der Waals surface area contributed by atoms with Crippen LogP contribution < -0.4 is 0 Å². The van der Waals surface area contributed by atoms with Crippen LogP contribution in [-0.2, 0) is 38.6 Å². The zero-order chi connectivity index (χ0) is 21.4. The summed E-state index contributed by atoms with van der Waals surface area (Å²) in [6.45, 7) is 1.30. The number of carbonyl (C=O) groups is 2. The van der Waals surface area contributed by atoms with Crippen molar-refractivity contribution in [1.82, 2.24) is 0 Å². The fourth-order valence-corrected chi connectivity index (χ4v) is 2.92. The second-order valence-corrected chi connectivity index (χ2v) is 8.11. The molecule has 0 aromatic carbocycles. The van der Waals surface area contributed by atoms with Crippen molar-refractivity contribution < 1.29 is 48.8 Å². The summed E-state index contributed by atoms with van der Waals surface area (Å²) in [5.74, 6) is 1.34. The summed E-state index contributed by atoms with van der Waals surface area (Å²) in [6.07, 6.45) is 0.963. The smallest absolute Gasteiger partial charge is 0.316 e. The number of aliphatic hydroxyl groups is 2. The molecule has 0 spiro atoms. The third-order valence-electron chi connectivity index (χ3n) is 2.61. The molecule has 2 N–H and O–H groups in total. The fraction of sp³-hybridized carbons (Fsp3) is 0.875. The Labute approximate surface area is 183 Å². The van der Waals surface area contributed by atoms with Gasteiger partial charge in [-0.3, -0.25) is 9.59 Å². The van der Waals surface area contributed by atoms with Crippen LogP contribution in [0.4, 0.5) is 0 Å². The Bertz CT molecular complexity index is 390. The Hall–Kier alpha value is -0.250. The first-order valence-electron chi connectivity index (χ1n) is 8.95. The number of hydrogen-bond donors (Lipinski definition) is 2. The van der Waals surface area contributed by atoms with Crippen LogP contribution in [0.25, 0.3) is 0 Å². The molecule has 0 aromatic rings. The maximum atomic E-state index is 11.5. The van der Waals surface area contributed by atoms with Crippen molar-refractivity contribution in [2.24, 2.45) is 0 Å². The molecule has 0 saturated heterocycles. The molecule has 0 heterocycles. The van der Waals surface area contributed by atoms with Crippen LogP contribution in [0, 0.1) is 0 Å². The van der Waals surface area contributed by atoms with Gasteiger partial charge in [0.1, 0.15) is 11.9 Å². The molecule has 0 aliphatic heterocycles. The van der Waals surface area contributed by atoms with Gasteiger partial charge in [0.15, 0.2) is 0 Å². The van der Waals surface area contributed by atoms with Gasteiger partial charge in [0.05, 0.1) is 37.9 Å². The van der Waals surface area contributed by atoms with Crippen LogP contribution in [0.3, 0.4) is 0 Å². The van der Waals surface area contributed by atoms with E-state index in [4.69, 9.17) is 39.2 Å². The molecule has 10 nitrogen and oxygen atoms in total. The highest BCUT2D eigenvalue weighted by Crippen LogP contribution is 2.06. The molecule has 0 fully saturated rings. The largest absolute Gasteiger partial charge is 0.465 e. The maximum Gasteiger partial charge on any atom is 0.316 e. The first-order chi connectivity index (χ1) is 14.2. The van der Waals surface area contributed by atoms with Crippen molar-refractivity contribution in [3.8, 4) is 0 Å². The van der Waals surface area contributed by atoms with Crippen molar-refractivity contribution >= 4 is 47.2 Å². The minimum atomic E-state index is -0.327. The average molecular weight is 479 g/mol. The molecule has 0 aliphatic rings. The minimum absolute atomic E-state index is 0.000327. The Balaban J connectivity index is 3.22. The summed E-state index contributed by atoms with van der Waals surface area (Å²) in [7, 11) is 0. The Kier molecular flexibility index (Phi) is 23.8. The predicted octanol–water partition coefficient (Wildman–Crippen LogP) is 0.849. The minimum Gasteiger partial charge on any atom is -0.465 e. The second-order valence-electron chi connectivity index (χ2n) is 5.02. The molecule has 172 valence electrons. The van der Waals surface area contributed by atoms with E-state index in [0.29, 0.717) is 44.2 Å². The zero-order valence-corrected chi connectivity index (χ0v) is 18.7. The lowest BCUT2D eigenvalue weighted by atomic mass is 10.5. The van der Waals surface area contributed by atoms with Crippen molar-refractivity contribution in [2.45, 2.75) is 12.8 Å². The van der Waals surface area contributed by atoms with E-state index >= 15 is 0 Å². The lowest BCUT2D eigenvalue weighted by Crippen LogP contribution is -2.11. The van der Waals surface area contributed by atoms with Crippen LogP contribution in [0.15, 0.2) is 0 Å². The second kappa shape index (κ2) is 24.0. The molecule has 0 amide bonds. The number of esters is 2. The van der Waals surface area contributed by atoms with Crippen molar-refractivity contribution in [3.05, 3.63) is 0 Å². The first-order valence-corrected chi connectivity index (χ1v) is 12.4. The summed E-state index contributed by atoms with van der Waals surface area (Å²) >= 11 is 3.98. The van der Waals surface area contributed by atoms with Crippen molar-refractivity contribution in [1.29, 1.82) is 0 Å². The van der Waals surface area contributed by atoms with Crippen LogP contribution in [0.5, 0.6) is 0 Å². The molecule has 0 aliphatic carbocycles. The molecular weight excluding hydrogens is 448 g/mol. The van der Waals surface area contributed by atoms with Crippen molar-refractivity contribution in [2.75, 3.05) is 74.5 Å². The van der Waals surface area contributed by atoms with E-state index in [2.05, 4.69) is 0 Å². The maximum absolute atomic E-state index is 11.5. The topological polar surface area (TPSA) is 130 Å². The van der Waals surface area contributed by atoms with Crippen LogP contribution in [0.1, 0.15) is 12.8 Å². The number of thioether (sulfide) groups is 3. The lowest BCUT2D eigenvalue weighted by molar-refractivity contribution is -0.291. The van der Waals surface area contributed by atoms with Crippen LogP contribution >= 0.6 is 35.3 Å². The Morgan fingerprint density at radius 2 is 1.17 bits per heavy atom. The van der Waals surface area contributed by atoms with Gasteiger partial charge in [-0.05, 0) is 6.42 Å². The number of aliphatic hydroxyl groups excluding tert-OH is 2. The number of hydrogen-bond acceptors (Lipinski definition) is 13. The Morgan fingerprint density at radius 3 is 1.83 bits per heavy atom. The van der Waals surface area contributed by atoms with E-state index in [1.54, 1.807) is 0 Å². The summed E-state index contributed by atoms with van der Waals surface area (Å²) in [5.41, 5.74) is 0. The molecule has 0 bridgehead atoms. The van der Waals surface area contributed by atoms with E-state index in [9.17, 15) is 9.59 Å². The highest BCUT2D eigenvalue weighted by molar-refractivity contribution is 8.00. The Morgan fingerprint density at radius 1 is 0.621 bits per heavy atom. The van der Waals surface area contributed by atoms with E-state index < -0.39 is 0 Å². The fourth-order valence-electron chi connectivity index (χ4n) is 1.34. The average Bonchev–Trinajstić information content (AvgIpc) is 2.71. The summed E-state index contributed by atoms with van der Waals surface area (Å²) in [4.78, 5) is 42.3. The highest BCUT2D eigenvalue weighted by Gasteiger charge is 2.04. The normalized spacial score (nSPS) is 10.8. The monoisotopic (exact) mass is 478 g/mol. The third-order valence-corrected chi connectivity index (χ3v) is 4.95.